The third kappa shape index (κ3) is 54.0. The first-order valence-corrected chi connectivity index (χ1v) is 27.6. The molecule has 1 unspecified atom stereocenters. The van der Waals surface area contributed by atoms with Gasteiger partial charge >= 0.3 is 17.9 Å². The molecular weight excluding hydrogens is 865 g/mol. The lowest BCUT2D eigenvalue weighted by Gasteiger charge is -2.18. The molecule has 0 radical (unpaired) electrons. The predicted molar refractivity (Wildman–Crippen MR) is 302 cm³/mol. The fraction of sp³-hybridized carbons (Fsp3) is 0.547. The number of unbranched alkanes of at least 4 members (excludes halogenated alkanes) is 17. The van der Waals surface area contributed by atoms with Gasteiger partial charge in [-0.15, -0.1) is 0 Å². The van der Waals surface area contributed by atoms with Crippen LogP contribution in [-0.2, 0) is 28.6 Å². The Morgan fingerprint density at radius 3 is 1.10 bits per heavy atom. The van der Waals surface area contributed by atoms with Gasteiger partial charge in [-0.1, -0.05) is 243 Å². The molecule has 0 saturated heterocycles. The quantitative estimate of drug-likeness (QED) is 0.0199. The van der Waals surface area contributed by atoms with Crippen LogP contribution in [-0.4, -0.2) is 37.2 Å². The maximum Gasteiger partial charge on any atom is 0.306 e. The molecule has 0 fully saturated rings. The van der Waals surface area contributed by atoms with E-state index in [1.807, 2.05) is 60.8 Å². The SMILES string of the molecule is CC\C=C/C=C\C=C/C=C\C=C\C=C/CCCCCC(=O)OC(COC(=O)CCC/C=C\C/C=C\C/C=C\C/C=C\CCCCC)COC(=O)CCCCCCC\C=C/C=C\C=C/CCCCCCC. The molecule has 1 atom stereocenters. The van der Waals surface area contributed by atoms with E-state index in [1.54, 1.807) is 0 Å². The van der Waals surface area contributed by atoms with E-state index >= 15 is 0 Å². The van der Waals surface area contributed by atoms with E-state index < -0.39 is 6.10 Å². The van der Waals surface area contributed by atoms with Crippen molar-refractivity contribution < 1.29 is 28.6 Å². The van der Waals surface area contributed by atoms with Gasteiger partial charge in [-0.05, 0) is 103 Å². The summed E-state index contributed by atoms with van der Waals surface area (Å²) in [5.74, 6) is -1.06. The molecule has 6 nitrogen and oxygen atoms in total. The van der Waals surface area contributed by atoms with Crippen LogP contribution in [0.1, 0.15) is 207 Å². The summed E-state index contributed by atoms with van der Waals surface area (Å²) < 4.78 is 16.7. The summed E-state index contributed by atoms with van der Waals surface area (Å²) in [5.41, 5.74) is 0. The van der Waals surface area contributed by atoms with Crippen molar-refractivity contribution in [1.82, 2.24) is 0 Å². The average molecular weight is 963 g/mol. The Hall–Kier alpha value is -4.97. The van der Waals surface area contributed by atoms with Crippen molar-refractivity contribution in [2.75, 3.05) is 13.2 Å². The summed E-state index contributed by atoms with van der Waals surface area (Å²) in [4.78, 5) is 38.1. The highest BCUT2D eigenvalue weighted by atomic mass is 16.6. The Labute approximate surface area is 429 Å². The zero-order valence-electron chi connectivity index (χ0n) is 44.5. The average Bonchev–Trinajstić information content (AvgIpc) is 3.36. The van der Waals surface area contributed by atoms with E-state index in [0.717, 1.165) is 96.3 Å². The Bertz CT molecular complexity index is 1620. The highest BCUT2D eigenvalue weighted by molar-refractivity contribution is 5.71. The molecule has 0 aliphatic carbocycles. The van der Waals surface area contributed by atoms with Gasteiger partial charge in [0.05, 0.1) is 0 Å². The topological polar surface area (TPSA) is 78.9 Å². The van der Waals surface area contributed by atoms with E-state index in [-0.39, 0.29) is 44.0 Å². The maximum atomic E-state index is 12.8. The fourth-order valence-electron chi connectivity index (χ4n) is 6.82. The minimum atomic E-state index is -0.841. The highest BCUT2D eigenvalue weighted by Crippen LogP contribution is 2.12. The van der Waals surface area contributed by atoms with Crippen LogP contribution in [0.3, 0.4) is 0 Å². The van der Waals surface area contributed by atoms with Gasteiger partial charge in [0.1, 0.15) is 13.2 Å². The predicted octanol–water partition coefficient (Wildman–Crippen LogP) is 18.6. The molecule has 6 heteroatoms. The van der Waals surface area contributed by atoms with Crippen LogP contribution < -0.4 is 0 Å². The molecule has 0 aliphatic rings. The second-order valence-corrected chi connectivity index (χ2v) is 17.6. The highest BCUT2D eigenvalue weighted by Gasteiger charge is 2.19. The molecule has 0 bridgehead atoms. The number of hydrogen-bond donors (Lipinski definition) is 0. The molecule has 0 aliphatic heterocycles. The minimum Gasteiger partial charge on any atom is -0.462 e. The molecule has 0 N–H and O–H groups in total. The van der Waals surface area contributed by atoms with Crippen molar-refractivity contribution in [2.45, 2.75) is 213 Å². The maximum absolute atomic E-state index is 12.8. The molecule has 0 aromatic heterocycles. The number of esters is 3. The number of allylic oxidation sites excluding steroid dienone is 26. The van der Waals surface area contributed by atoms with Gasteiger partial charge in [-0.25, -0.2) is 0 Å². The number of carbonyl (C=O) groups excluding carboxylic acids is 3. The van der Waals surface area contributed by atoms with Gasteiger partial charge in [-0.3, -0.25) is 14.4 Å². The van der Waals surface area contributed by atoms with Crippen molar-refractivity contribution in [3.05, 3.63) is 158 Å². The van der Waals surface area contributed by atoms with Gasteiger partial charge in [0.25, 0.3) is 0 Å². The summed E-state index contributed by atoms with van der Waals surface area (Å²) >= 11 is 0. The first-order valence-electron chi connectivity index (χ1n) is 27.6. The van der Waals surface area contributed by atoms with Gasteiger partial charge in [0, 0.05) is 19.3 Å². The smallest absolute Gasteiger partial charge is 0.306 e. The van der Waals surface area contributed by atoms with E-state index in [2.05, 4.69) is 118 Å². The largest absolute Gasteiger partial charge is 0.462 e. The standard InChI is InChI=1S/C64H98O6/c1-4-7-10-13-16-19-22-25-28-31-34-36-39-42-45-48-51-54-57-63(66)69-60-61(70-64(67)58-55-52-49-46-43-40-37-33-30-27-24-21-18-15-12-9-6-3)59-68-62(65)56-53-50-47-44-41-38-35-32-29-26-23-20-17-14-11-8-5-2/h9,12,15,17-18,20-22,24-31,33-38,40,43-44,47,61H,4-8,10-11,13-14,16,19,23,32,39,41-42,45-46,48-60H2,1-3H3/b12-9-,18-15-,20-17-,24-21-,25-22-,29-26-,30-27-,31-28-,36-34-,37-33+,38-35-,43-40-,47-44-. The number of rotatable bonds is 47. The van der Waals surface area contributed by atoms with Crippen molar-refractivity contribution in [3.8, 4) is 0 Å². The molecular formula is C64H98O6. The van der Waals surface area contributed by atoms with Crippen molar-refractivity contribution in [3.63, 3.8) is 0 Å². The third-order valence-corrected chi connectivity index (χ3v) is 11.0. The van der Waals surface area contributed by atoms with Crippen LogP contribution in [0, 0.1) is 0 Å². The van der Waals surface area contributed by atoms with Crippen LogP contribution in [0.4, 0.5) is 0 Å². The summed E-state index contributed by atoms with van der Waals surface area (Å²) in [6.45, 7) is 6.32. The minimum absolute atomic E-state index is 0.132. The molecule has 70 heavy (non-hydrogen) atoms. The molecule has 390 valence electrons. The van der Waals surface area contributed by atoms with Crippen LogP contribution >= 0.6 is 0 Å². The van der Waals surface area contributed by atoms with E-state index in [1.165, 1.54) is 57.8 Å². The lowest BCUT2D eigenvalue weighted by atomic mass is 10.1. The lowest BCUT2D eigenvalue weighted by molar-refractivity contribution is -0.167. The second kappa shape index (κ2) is 56.6. The van der Waals surface area contributed by atoms with E-state index in [0.29, 0.717) is 19.3 Å². The van der Waals surface area contributed by atoms with Crippen molar-refractivity contribution in [2.24, 2.45) is 0 Å². The van der Waals surface area contributed by atoms with Crippen molar-refractivity contribution >= 4 is 17.9 Å². The zero-order valence-corrected chi connectivity index (χ0v) is 44.5. The Morgan fingerprint density at radius 1 is 0.314 bits per heavy atom. The Balaban J connectivity index is 4.65. The molecule has 0 aromatic rings. The fourth-order valence-corrected chi connectivity index (χ4v) is 6.82. The second-order valence-electron chi connectivity index (χ2n) is 17.6. The van der Waals surface area contributed by atoms with E-state index in [4.69, 9.17) is 14.2 Å². The molecule has 0 saturated carbocycles. The summed E-state index contributed by atoms with van der Waals surface area (Å²) in [6, 6.07) is 0. The molecule has 0 rings (SSSR count). The van der Waals surface area contributed by atoms with Gasteiger partial charge < -0.3 is 14.2 Å². The van der Waals surface area contributed by atoms with Gasteiger partial charge in [0.15, 0.2) is 6.10 Å². The third-order valence-electron chi connectivity index (χ3n) is 11.0. The Kier molecular flexibility index (Phi) is 52.6. The summed E-state index contributed by atoms with van der Waals surface area (Å²) in [7, 11) is 0. The van der Waals surface area contributed by atoms with Crippen LogP contribution in [0.2, 0.25) is 0 Å². The van der Waals surface area contributed by atoms with Crippen LogP contribution in [0.25, 0.3) is 0 Å². The molecule has 0 aromatic carbocycles. The van der Waals surface area contributed by atoms with Crippen LogP contribution in [0.5, 0.6) is 0 Å². The van der Waals surface area contributed by atoms with Gasteiger partial charge in [0.2, 0.25) is 0 Å². The monoisotopic (exact) mass is 963 g/mol. The summed E-state index contributed by atoms with van der Waals surface area (Å²) in [6.07, 6.45) is 82.2. The van der Waals surface area contributed by atoms with Crippen molar-refractivity contribution in [1.29, 1.82) is 0 Å². The van der Waals surface area contributed by atoms with E-state index in [9.17, 15) is 14.4 Å². The molecule has 0 heterocycles. The summed E-state index contributed by atoms with van der Waals surface area (Å²) in [5, 5.41) is 0. The Morgan fingerprint density at radius 2 is 0.629 bits per heavy atom. The first kappa shape index (κ1) is 65.0. The first-order chi connectivity index (χ1) is 34.5. The normalized spacial score (nSPS) is 13.4. The number of carbonyl (C=O) groups is 3. The number of ether oxygens (including phenoxy) is 3. The number of hydrogen-bond acceptors (Lipinski definition) is 6. The van der Waals surface area contributed by atoms with Crippen LogP contribution in [0.15, 0.2) is 158 Å². The molecule has 0 spiro atoms. The zero-order chi connectivity index (χ0) is 50.7. The lowest BCUT2D eigenvalue weighted by Crippen LogP contribution is -2.30. The molecule has 0 amide bonds. The van der Waals surface area contributed by atoms with Gasteiger partial charge in [-0.2, -0.15) is 0 Å².